The minimum Gasteiger partial charge on any atom is -0.497 e. The van der Waals surface area contributed by atoms with E-state index in [1.165, 1.54) is 0 Å². The lowest BCUT2D eigenvalue weighted by Gasteiger charge is -2.23. The van der Waals surface area contributed by atoms with E-state index in [1.807, 2.05) is 80.6 Å². The first kappa shape index (κ1) is 25.5. The number of nitrogens with one attached hydrogen (secondary N) is 2. The van der Waals surface area contributed by atoms with Crippen molar-refractivity contribution in [2.24, 2.45) is 0 Å². The van der Waals surface area contributed by atoms with E-state index in [2.05, 4.69) is 10.0 Å². The number of benzene rings is 3. The van der Waals surface area contributed by atoms with Gasteiger partial charge in [-0.05, 0) is 68.5 Å². The summed E-state index contributed by atoms with van der Waals surface area (Å²) in [6.07, 6.45) is 0.227. The molecule has 0 aliphatic heterocycles. The van der Waals surface area contributed by atoms with Crippen molar-refractivity contribution in [2.45, 2.75) is 51.1 Å². The van der Waals surface area contributed by atoms with Gasteiger partial charge in [0.25, 0.3) is 0 Å². The zero-order chi connectivity index (χ0) is 24.9. The third kappa shape index (κ3) is 6.24. The molecule has 0 heterocycles. The van der Waals surface area contributed by atoms with Crippen LogP contribution in [0.1, 0.15) is 40.8 Å². The molecule has 0 saturated heterocycles. The molecule has 3 aromatic carbocycles. The van der Waals surface area contributed by atoms with Gasteiger partial charge in [0.15, 0.2) is 0 Å². The summed E-state index contributed by atoms with van der Waals surface area (Å²) >= 11 is 0. The second-order valence-electron chi connectivity index (χ2n) is 8.59. The summed E-state index contributed by atoms with van der Waals surface area (Å²) in [5, 5.41) is 2.96. The van der Waals surface area contributed by atoms with Crippen LogP contribution in [-0.2, 0) is 21.2 Å². The number of aryl methyl sites for hydroxylation is 3. The van der Waals surface area contributed by atoms with Gasteiger partial charge in [-0.15, -0.1) is 0 Å². The first-order chi connectivity index (χ1) is 16.1. The second kappa shape index (κ2) is 10.8. The van der Waals surface area contributed by atoms with Crippen molar-refractivity contribution in [1.29, 1.82) is 0 Å². The largest absolute Gasteiger partial charge is 0.497 e. The molecule has 0 fully saturated rings. The van der Waals surface area contributed by atoms with E-state index in [4.69, 9.17) is 4.74 Å². The molecule has 3 rings (SSSR count). The maximum Gasteiger partial charge on any atom is 0.241 e. The van der Waals surface area contributed by atoms with Gasteiger partial charge in [0.05, 0.1) is 18.0 Å². The summed E-state index contributed by atoms with van der Waals surface area (Å²) < 4.78 is 34.7. The van der Waals surface area contributed by atoms with Crippen molar-refractivity contribution in [3.05, 3.63) is 94.5 Å². The predicted octanol–water partition coefficient (Wildman–Crippen LogP) is 4.39. The molecule has 3 aromatic rings. The minimum atomic E-state index is -3.94. The molecule has 0 aromatic heterocycles. The molecule has 34 heavy (non-hydrogen) atoms. The molecule has 1 amide bonds. The van der Waals surface area contributed by atoms with Gasteiger partial charge in [0.2, 0.25) is 15.9 Å². The van der Waals surface area contributed by atoms with E-state index in [-0.39, 0.29) is 17.4 Å². The fourth-order valence-corrected chi connectivity index (χ4v) is 5.81. The first-order valence-electron chi connectivity index (χ1n) is 11.2. The highest BCUT2D eigenvalue weighted by atomic mass is 32.2. The number of hydrogen-bond donors (Lipinski definition) is 2. The number of carbonyl (C=O) groups excluding carboxylic acids is 1. The molecule has 0 aliphatic rings. The molecule has 0 aliphatic carbocycles. The van der Waals surface area contributed by atoms with Crippen LogP contribution >= 0.6 is 0 Å². The molecule has 0 unspecified atom stereocenters. The van der Waals surface area contributed by atoms with Crippen LogP contribution in [0.3, 0.4) is 0 Å². The summed E-state index contributed by atoms with van der Waals surface area (Å²) in [5.74, 6) is 0.332. The van der Waals surface area contributed by atoms with Gasteiger partial charge in [0, 0.05) is 0 Å². The van der Waals surface area contributed by atoms with Gasteiger partial charge in [-0.1, -0.05) is 60.2 Å². The van der Waals surface area contributed by atoms with Crippen LogP contribution in [0.4, 0.5) is 0 Å². The minimum absolute atomic E-state index is 0.215. The summed E-state index contributed by atoms with van der Waals surface area (Å²) in [6, 6.07) is 19.1. The van der Waals surface area contributed by atoms with Gasteiger partial charge in [-0.25, -0.2) is 8.42 Å². The van der Waals surface area contributed by atoms with Gasteiger partial charge in [-0.2, -0.15) is 4.72 Å². The van der Waals surface area contributed by atoms with Gasteiger partial charge < -0.3 is 10.1 Å². The lowest BCUT2D eigenvalue weighted by molar-refractivity contribution is -0.123. The lowest BCUT2D eigenvalue weighted by atomic mass is 10.0. The molecule has 0 bridgehead atoms. The lowest BCUT2D eigenvalue weighted by Crippen LogP contribution is -2.48. The highest BCUT2D eigenvalue weighted by Gasteiger charge is 2.29. The van der Waals surface area contributed by atoms with Crippen LogP contribution in [0.5, 0.6) is 5.75 Å². The van der Waals surface area contributed by atoms with E-state index in [0.29, 0.717) is 11.1 Å². The first-order valence-corrected chi connectivity index (χ1v) is 12.7. The highest BCUT2D eigenvalue weighted by Crippen LogP contribution is 2.23. The number of ether oxygens (including phenoxy) is 1. The summed E-state index contributed by atoms with van der Waals surface area (Å²) in [6.45, 7) is 7.33. The number of carbonyl (C=O) groups is 1. The van der Waals surface area contributed by atoms with Crippen molar-refractivity contribution in [3.8, 4) is 5.75 Å². The molecule has 0 saturated carbocycles. The number of hydrogen-bond acceptors (Lipinski definition) is 4. The van der Waals surface area contributed by atoms with Gasteiger partial charge in [0.1, 0.15) is 11.8 Å². The molecule has 0 radical (unpaired) electrons. The SMILES string of the molecule is COc1ccc([C@H](C)NC(=O)[C@H](Cc2ccccc2)NS(=O)(=O)c2c(C)cc(C)cc2C)cc1. The zero-order valence-electron chi connectivity index (χ0n) is 20.3. The Kier molecular flexibility index (Phi) is 8.12. The van der Waals surface area contributed by atoms with Crippen LogP contribution in [0.15, 0.2) is 71.6 Å². The standard InChI is InChI=1S/C27H32N2O4S/c1-18-15-19(2)26(20(3)16-18)34(31,32)29-25(17-22-9-7-6-8-10-22)27(30)28-21(4)23-11-13-24(33-5)14-12-23/h6-16,21,25,29H,17H2,1-5H3,(H,28,30)/t21-,25-/m0/s1. The van der Waals surface area contributed by atoms with Crippen molar-refractivity contribution in [2.75, 3.05) is 7.11 Å². The fraction of sp³-hybridized carbons (Fsp3) is 0.296. The fourth-order valence-electron chi connectivity index (χ4n) is 4.16. The third-order valence-corrected chi connectivity index (χ3v) is 7.52. The Labute approximate surface area is 202 Å². The Morgan fingerprint density at radius 3 is 2.09 bits per heavy atom. The van der Waals surface area contributed by atoms with E-state index >= 15 is 0 Å². The summed E-state index contributed by atoms with van der Waals surface area (Å²) in [4.78, 5) is 13.5. The Hall–Kier alpha value is -3.16. The average molecular weight is 481 g/mol. The van der Waals surface area contributed by atoms with Gasteiger partial charge in [-0.3, -0.25) is 4.79 Å². The number of methoxy groups -OCH3 is 1. The number of amides is 1. The van der Waals surface area contributed by atoms with Crippen LogP contribution in [0.2, 0.25) is 0 Å². The Morgan fingerprint density at radius 1 is 0.941 bits per heavy atom. The predicted molar refractivity (Wildman–Crippen MR) is 134 cm³/mol. The van der Waals surface area contributed by atoms with Crippen LogP contribution in [0.25, 0.3) is 0 Å². The van der Waals surface area contributed by atoms with Crippen molar-refractivity contribution in [1.82, 2.24) is 10.0 Å². The van der Waals surface area contributed by atoms with Crippen molar-refractivity contribution >= 4 is 15.9 Å². The topological polar surface area (TPSA) is 84.5 Å². The molecule has 180 valence electrons. The molecule has 2 atom stereocenters. The summed E-state index contributed by atoms with van der Waals surface area (Å²) in [7, 11) is -2.34. The van der Waals surface area contributed by atoms with E-state index in [0.717, 1.165) is 22.4 Å². The van der Waals surface area contributed by atoms with Crippen molar-refractivity contribution < 1.29 is 17.9 Å². The Bertz CT molecular complexity index is 1220. The highest BCUT2D eigenvalue weighted by molar-refractivity contribution is 7.89. The monoisotopic (exact) mass is 480 g/mol. The maximum absolute atomic E-state index is 13.4. The number of rotatable bonds is 9. The molecule has 7 heteroatoms. The Morgan fingerprint density at radius 2 is 1.53 bits per heavy atom. The number of sulfonamides is 1. The molecule has 0 spiro atoms. The quantitative estimate of drug-likeness (QED) is 0.476. The third-order valence-electron chi connectivity index (χ3n) is 5.74. The van der Waals surface area contributed by atoms with Crippen LogP contribution in [-0.4, -0.2) is 27.5 Å². The summed E-state index contributed by atoms with van der Waals surface area (Å²) in [5.41, 5.74) is 4.03. The van der Waals surface area contributed by atoms with E-state index in [1.54, 1.807) is 21.0 Å². The van der Waals surface area contributed by atoms with Crippen LogP contribution < -0.4 is 14.8 Å². The normalized spacial score (nSPS) is 13.2. The van der Waals surface area contributed by atoms with Crippen molar-refractivity contribution in [3.63, 3.8) is 0 Å². The second-order valence-corrected chi connectivity index (χ2v) is 10.2. The molecule has 2 N–H and O–H groups in total. The molecule has 6 nitrogen and oxygen atoms in total. The maximum atomic E-state index is 13.4. The average Bonchev–Trinajstić information content (AvgIpc) is 2.78. The van der Waals surface area contributed by atoms with Crippen LogP contribution in [0, 0.1) is 20.8 Å². The van der Waals surface area contributed by atoms with Gasteiger partial charge >= 0.3 is 0 Å². The van der Waals surface area contributed by atoms with E-state index < -0.39 is 22.0 Å². The Balaban J connectivity index is 1.88. The smallest absolute Gasteiger partial charge is 0.241 e. The molecular formula is C27H32N2O4S. The molecular weight excluding hydrogens is 448 g/mol. The zero-order valence-corrected chi connectivity index (χ0v) is 21.1. The van der Waals surface area contributed by atoms with E-state index in [9.17, 15) is 13.2 Å².